The Kier molecular flexibility index (Phi) is 5.40. The molecule has 2 heterocycles. The van der Waals surface area contributed by atoms with Crippen LogP contribution in [-0.4, -0.2) is 16.0 Å². The summed E-state index contributed by atoms with van der Waals surface area (Å²) in [4.78, 5) is 8.78. The third-order valence-corrected chi connectivity index (χ3v) is 4.58. The SMILES string of the molecule is CCC(N)Cc1cnc(Sc2ncccc2Cl)c(C)c1. The van der Waals surface area contributed by atoms with Crippen LogP contribution in [0.2, 0.25) is 5.02 Å². The molecule has 106 valence electrons. The highest BCUT2D eigenvalue weighted by Gasteiger charge is 2.09. The van der Waals surface area contributed by atoms with Gasteiger partial charge in [0.05, 0.1) is 5.02 Å². The fraction of sp³-hybridized carbons (Fsp3) is 0.333. The average Bonchev–Trinajstić information content (AvgIpc) is 2.44. The van der Waals surface area contributed by atoms with Crippen LogP contribution in [0.4, 0.5) is 0 Å². The van der Waals surface area contributed by atoms with E-state index in [1.807, 2.05) is 25.3 Å². The molecule has 20 heavy (non-hydrogen) atoms. The van der Waals surface area contributed by atoms with Crippen molar-refractivity contribution < 1.29 is 0 Å². The molecule has 0 saturated carbocycles. The number of halogens is 1. The van der Waals surface area contributed by atoms with E-state index in [0.717, 1.165) is 28.5 Å². The summed E-state index contributed by atoms with van der Waals surface area (Å²) < 4.78 is 0. The van der Waals surface area contributed by atoms with Gasteiger partial charge in [0.15, 0.2) is 0 Å². The van der Waals surface area contributed by atoms with E-state index in [0.29, 0.717) is 5.02 Å². The van der Waals surface area contributed by atoms with E-state index in [1.165, 1.54) is 17.3 Å². The molecule has 1 unspecified atom stereocenters. The summed E-state index contributed by atoms with van der Waals surface area (Å²) in [6.07, 6.45) is 5.46. The summed E-state index contributed by atoms with van der Waals surface area (Å²) in [7, 11) is 0. The van der Waals surface area contributed by atoms with Gasteiger partial charge >= 0.3 is 0 Å². The monoisotopic (exact) mass is 307 g/mol. The minimum absolute atomic E-state index is 0.194. The van der Waals surface area contributed by atoms with Crippen molar-refractivity contribution >= 4 is 23.4 Å². The fourth-order valence-corrected chi connectivity index (χ4v) is 2.85. The standard InChI is InChI=1S/C15H18ClN3S/c1-3-12(17)8-11-7-10(2)14(19-9-11)20-15-13(16)5-4-6-18-15/h4-7,9,12H,3,8,17H2,1-2H3. The van der Waals surface area contributed by atoms with Crippen LogP contribution in [0.1, 0.15) is 24.5 Å². The maximum Gasteiger partial charge on any atom is 0.121 e. The molecule has 0 aliphatic carbocycles. The van der Waals surface area contributed by atoms with Gasteiger partial charge in [-0.3, -0.25) is 0 Å². The Balaban J connectivity index is 2.16. The van der Waals surface area contributed by atoms with Crippen molar-refractivity contribution in [2.75, 3.05) is 0 Å². The predicted molar refractivity (Wildman–Crippen MR) is 84.3 cm³/mol. The van der Waals surface area contributed by atoms with Crippen molar-refractivity contribution in [1.82, 2.24) is 9.97 Å². The number of hydrogen-bond acceptors (Lipinski definition) is 4. The maximum absolute atomic E-state index is 6.12. The lowest BCUT2D eigenvalue weighted by atomic mass is 10.1. The van der Waals surface area contributed by atoms with Crippen molar-refractivity contribution in [3.8, 4) is 0 Å². The van der Waals surface area contributed by atoms with Gasteiger partial charge in [0.25, 0.3) is 0 Å². The Hall–Kier alpha value is -1.10. The molecule has 0 fully saturated rings. The van der Waals surface area contributed by atoms with E-state index in [9.17, 15) is 0 Å². The molecule has 0 spiro atoms. The molecule has 0 bridgehead atoms. The van der Waals surface area contributed by atoms with E-state index in [1.54, 1.807) is 6.20 Å². The number of nitrogens with zero attached hydrogens (tertiary/aromatic N) is 2. The number of nitrogens with two attached hydrogens (primary N) is 1. The van der Waals surface area contributed by atoms with Crippen molar-refractivity contribution in [3.63, 3.8) is 0 Å². The normalized spacial score (nSPS) is 12.4. The second-order valence-electron chi connectivity index (χ2n) is 4.73. The first-order chi connectivity index (χ1) is 9.60. The largest absolute Gasteiger partial charge is 0.327 e. The molecule has 1 atom stereocenters. The summed E-state index contributed by atoms with van der Waals surface area (Å²) in [5, 5.41) is 2.36. The van der Waals surface area contributed by atoms with Crippen molar-refractivity contribution in [2.45, 2.75) is 42.8 Å². The minimum atomic E-state index is 0.194. The Morgan fingerprint density at radius 2 is 2.15 bits per heavy atom. The zero-order chi connectivity index (χ0) is 14.5. The summed E-state index contributed by atoms with van der Waals surface area (Å²) in [6.45, 7) is 4.14. The number of hydrogen-bond donors (Lipinski definition) is 1. The van der Waals surface area contributed by atoms with Crippen molar-refractivity contribution in [2.24, 2.45) is 5.73 Å². The topological polar surface area (TPSA) is 51.8 Å². The third kappa shape index (κ3) is 3.95. The Morgan fingerprint density at radius 1 is 1.35 bits per heavy atom. The minimum Gasteiger partial charge on any atom is -0.327 e. The van der Waals surface area contributed by atoms with Crippen LogP contribution < -0.4 is 5.73 Å². The second kappa shape index (κ2) is 7.07. The van der Waals surface area contributed by atoms with Gasteiger partial charge in [-0.25, -0.2) is 9.97 Å². The summed E-state index contributed by atoms with van der Waals surface area (Å²) in [5.74, 6) is 0. The van der Waals surface area contributed by atoms with Crippen LogP contribution in [0.3, 0.4) is 0 Å². The fourth-order valence-electron chi connectivity index (χ4n) is 1.82. The predicted octanol–water partition coefficient (Wildman–Crippen LogP) is 3.87. The molecule has 3 nitrogen and oxygen atoms in total. The number of pyridine rings is 2. The summed E-state index contributed by atoms with van der Waals surface area (Å²) in [6, 6.07) is 5.99. The third-order valence-electron chi connectivity index (χ3n) is 3.03. The lowest BCUT2D eigenvalue weighted by Crippen LogP contribution is -2.21. The average molecular weight is 308 g/mol. The summed E-state index contributed by atoms with van der Waals surface area (Å²) in [5.41, 5.74) is 8.27. The van der Waals surface area contributed by atoms with E-state index >= 15 is 0 Å². The lowest BCUT2D eigenvalue weighted by molar-refractivity contribution is 0.644. The van der Waals surface area contributed by atoms with Gasteiger partial charge in [0.2, 0.25) is 0 Å². The van der Waals surface area contributed by atoms with Crippen LogP contribution in [0.25, 0.3) is 0 Å². The molecular formula is C15H18ClN3S. The molecule has 2 aromatic rings. The molecule has 0 aromatic carbocycles. The van der Waals surface area contributed by atoms with Crippen LogP contribution in [0, 0.1) is 6.92 Å². The molecule has 2 aromatic heterocycles. The first-order valence-corrected chi connectivity index (χ1v) is 7.79. The van der Waals surface area contributed by atoms with Gasteiger partial charge in [0, 0.05) is 18.4 Å². The Morgan fingerprint density at radius 3 is 2.80 bits per heavy atom. The smallest absolute Gasteiger partial charge is 0.121 e. The quantitative estimate of drug-likeness (QED) is 0.911. The van der Waals surface area contributed by atoms with Crippen molar-refractivity contribution in [3.05, 3.63) is 46.7 Å². The lowest BCUT2D eigenvalue weighted by Gasteiger charge is -2.11. The van der Waals surface area contributed by atoms with E-state index in [-0.39, 0.29) is 6.04 Å². The van der Waals surface area contributed by atoms with Crippen LogP contribution in [0.15, 0.2) is 40.6 Å². The van der Waals surface area contributed by atoms with Crippen LogP contribution in [0.5, 0.6) is 0 Å². The Labute approximate surface area is 129 Å². The van der Waals surface area contributed by atoms with E-state index in [4.69, 9.17) is 17.3 Å². The van der Waals surface area contributed by atoms with Crippen molar-refractivity contribution in [1.29, 1.82) is 0 Å². The molecule has 0 radical (unpaired) electrons. The molecule has 0 amide bonds. The molecule has 2 N–H and O–H groups in total. The number of rotatable bonds is 5. The molecule has 0 aliphatic rings. The van der Waals surface area contributed by atoms with Gasteiger partial charge in [0.1, 0.15) is 10.1 Å². The van der Waals surface area contributed by atoms with Gasteiger partial charge in [-0.05, 0) is 54.8 Å². The van der Waals surface area contributed by atoms with Gasteiger partial charge < -0.3 is 5.73 Å². The molecule has 2 rings (SSSR count). The highest BCUT2D eigenvalue weighted by atomic mass is 35.5. The van der Waals surface area contributed by atoms with Crippen LogP contribution in [-0.2, 0) is 6.42 Å². The van der Waals surface area contributed by atoms with Gasteiger partial charge in [-0.2, -0.15) is 0 Å². The first kappa shape index (κ1) is 15.3. The molecular weight excluding hydrogens is 290 g/mol. The first-order valence-electron chi connectivity index (χ1n) is 6.59. The van der Waals surface area contributed by atoms with E-state index in [2.05, 4.69) is 23.0 Å². The highest BCUT2D eigenvalue weighted by Crippen LogP contribution is 2.31. The number of aromatic nitrogens is 2. The molecule has 5 heteroatoms. The van der Waals surface area contributed by atoms with Gasteiger partial charge in [-0.15, -0.1) is 0 Å². The summed E-state index contributed by atoms with van der Waals surface area (Å²) >= 11 is 7.61. The maximum atomic E-state index is 6.12. The second-order valence-corrected chi connectivity index (χ2v) is 6.12. The van der Waals surface area contributed by atoms with E-state index < -0.39 is 0 Å². The van der Waals surface area contributed by atoms with Gasteiger partial charge in [-0.1, -0.05) is 24.6 Å². The number of aryl methyl sites for hydroxylation is 1. The molecule has 0 aliphatic heterocycles. The van der Waals surface area contributed by atoms with Crippen LogP contribution >= 0.6 is 23.4 Å². The Bertz CT molecular complexity index is 589. The molecule has 0 saturated heterocycles. The highest BCUT2D eigenvalue weighted by molar-refractivity contribution is 7.99. The zero-order valence-corrected chi connectivity index (χ0v) is 13.2. The zero-order valence-electron chi connectivity index (χ0n) is 11.6.